The van der Waals surface area contributed by atoms with Gasteiger partial charge in [-0.2, -0.15) is 5.26 Å². The highest BCUT2D eigenvalue weighted by molar-refractivity contribution is 9.10. The molecule has 3 nitrogen and oxygen atoms in total. The van der Waals surface area contributed by atoms with Crippen LogP contribution >= 0.6 is 27.3 Å². The van der Waals surface area contributed by atoms with Crippen LogP contribution in [0.25, 0.3) is 0 Å². The number of nitriles is 1. The predicted molar refractivity (Wildman–Crippen MR) is 80.3 cm³/mol. The number of anilines is 1. The van der Waals surface area contributed by atoms with Crippen molar-refractivity contribution in [3.8, 4) is 6.07 Å². The van der Waals surface area contributed by atoms with Crippen LogP contribution < -0.4 is 5.32 Å². The Hall–Kier alpha value is -1.38. The van der Waals surface area contributed by atoms with Crippen molar-refractivity contribution in [2.45, 2.75) is 25.8 Å². The van der Waals surface area contributed by atoms with Crippen molar-refractivity contribution in [3.05, 3.63) is 43.7 Å². The van der Waals surface area contributed by atoms with Gasteiger partial charge in [0.25, 0.3) is 0 Å². The molecule has 96 valence electrons. The molecule has 0 saturated carbocycles. The van der Waals surface area contributed by atoms with Crippen LogP contribution in [-0.4, -0.2) is 4.98 Å². The summed E-state index contributed by atoms with van der Waals surface area (Å²) < 4.78 is 1.09. The quantitative estimate of drug-likeness (QED) is 0.927. The second kappa shape index (κ2) is 5.32. The number of hydrogen-bond acceptors (Lipinski definition) is 4. The van der Waals surface area contributed by atoms with Gasteiger partial charge >= 0.3 is 0 Å². The van der Waals surface area contributed by atoms with E-state index in [1.54, 1.807) is 11.3 Å². The Morgan fingerprint density at radius 2 is 2.32 bits per heavy atom. The monoisotopic (exact) mass is 333 g/mol. The fourth-order valence-corrected chi connectivity index (χ4v) is 3.70. The molecule has 0 spiro atoms. The second-order valence-electron chi connectivity index (χ2n) is 4.54. The number of hydrogen-bond donors (Lipinski definition) is 1. The van der Waals surface area contributed by atoms with Gasteiger partial charge in [0.05, 0.1) is 12.1 Å². The van der Waals surface area contributed by atoms with Crippen molar-refractivity contribution in [3.63, 3.8) is 0 Å². The molecule has 0 radical (unpaired) electrons. The van der Waals surface area contributed by atoms with Crippen molar-refractivity contribution in [1.29, 1.82) is 5.26 Å². The summed E-state index contributed by atoms with van der Waals surface area (Å²) in [5.41, 5.74) is 3.03. The summed E-state index contributed by atoms with van der Waals surface area (Å²) in [6.07, 6.45) is 3.23. The van der Waals surface area contributed by atoms with Gasteiger partial charge in [-0.25, -0.2) is 4.98 Å². The van der Waals surface area contributed by atoms with Crippen LogP contribution in [-0.2, 0) is 19.4 Å². The molecule has 2 aromatic rings. The van der Waals surface area contributed by atoms with Crippen LogP contribution in [0, 0.1) is 11.3 Å². The molecule has 1 aliphatic carbocycles. The molecule has 0 aromatic carbocycles. The Balaban J connectivity index is 1.82. The SMILES string of the molecule is N#Cc1cc2c(nc1NCc1cc(Br)cs1)CCC2. The maximum atomic E-state index is 9.22. The predicted octanol–water partition coefficient (Wildman–Crippen LogP) is 3.88. The first-order chi connectivity index (χ1) is 9.26. The van der Waals surface area contributed by atoms with Crippen molar-refractivity contribution in [2.24, 2.45) is 0 Å². The molecule has 0 atom stereocenters. The first-order valence-electron chi connectivity index (χ1n) is 6.16. The van der Waals surface area contributed by atoms with Crippen LogP contribution in [0.4, 0.5) is 5.82 Å². The largest absolute Gasteiger partial charge is 0.364 e. The highest BCUT2D eigenvalue weighted by atomic mass is 79.9. The molecule has 19 heavy (non-hydrogen) atoms. The molecule has 2 aromatic heterocycles. The van der Waals surface area contributed by atoms with E-state index in [1.165, 1.54) is 10.4 Å². The number of thiophene rings is 1. The molecular formula is C14H12BrN3S. The van der Waals surface area contributed by atoms with Crippen LogP contribution in [0.2, 0.25) is 0 Å². The summed E-state index contributed by atoms with van der Waals surface area (Å²) in [5.74, 6) is 0.715. The van der Waals surface area contributed by atoms with Gasteiger partial charge in [-0.05, 0) is 52.9 Å². The Bertz CT molecular complexity index is 657. The molecule has 5 heteroatoms. The van der Waals surface area contributed by atoms with E-state index >= 15 is 0 Å². The Labute approximate surface area is 124 Å². The van der Waals surface area contributed by atoms with E-state index in [4.69, 9.17) is 0 Å². The third-order valence-electron chi connectivity index (χ3n) is 3.22. The third-order valence-corrected chi connectivity index (χ3v) is 4.92. The number of nitrogens with zero attached hydrogens (tertiary/aromatic N) is 2. The first-order valence-corrected chi connectivity index (χ1v) is 7.83. The first kappa shape index (κ1) is 12.6. The molecule has 0 amide bonds. The number of nitrogens with one attached hydrogen (secondary N) is 1. The minimum absolute atomic E-state index is 0.649. The van der Waals surface area contributed by atoms with E-state index in [2.05, 4.69) is 43.7 Å². The molecule has 3 rings (SSSR count). The molecule has 0 saturated heterocycles. The molecule has 0 fully saturated rings. The van der Waals surface area contributed by atoms with Crippen molar-refractivity contribution in [1.82, 2.24) is 4.98 Å². The van der Waals surface area contributed by atoms with Gasteiger partial charge in [0.1, 0.15) is 11.9 Å². The maximum absolute atomic E-state index is 9.22. The van der Waals surface area contributed by atoms with Gasteiger partial charge in [-0.3, -0.25) is 0 Å². The molecule has 1 aliphatic rings. The lowest BCUT2D eigenvalue weighted by Crippen LogP contribution is -2.04. The van der Waals surface area contributed by atoms with Crippen molar-refractivity contribution in [2.75, 3.05) is 5.32 Å². The average molecular weight is 334 g/mol. The standard InChI is InChI=1S/C14H12BrN3S/c15-11-5-12(19-8-11)7-17-14-10(6-16)4-9-2-1-3-13(9)18-14/h4-5,8H,1-3,7H2,(H,17,18). The van der Waals surface area contributed by atoms with Gasteiger partial charge in [0.15, 0.2) is 0 Å². The van der Waals surface area contributed by atoms with E-state index in [0.29, 0.717) is 17.9 Å². The number of pyridine rings is 1. The van der Waals surface area contributed by atoms with E-state index < -0.39 is 0 Å². The number of aromatic nitrogens is 1. The van der Waals surface area contributed by atoms with Crippen LogP contribution in [0.1, 0.15) is 28.1 Å². The minimum Gasteiger partial charge on any atom is -0.364 e. The lowest BCUT2D eigenvalue weighted by atomic mass is 10.1. The van der Waals surface area contributed by atoms with Crippen molar-refractivity contribution < 1.29 is 0 Å². The molecule has 0 bridgehead atoms. The van der Waals surface area contributed by atoms with Crippen LogP contribution in [0.5, 0.6) is 0 Å². The zero-order valence-electron chi connectivity index (χ0n) is 10.2. The summed E-state index contributed by atoms with van der Waals surface area (Å²) >= 11 is 5.13. The van der Waals surface area contributed by atoms with Crippen LogP contribution in [0.15, 0.2) is 22.0 Å². The summed E-state index contributed by atoms with van der Waals surface area (Å²) in [4.78, 5) is 5.83. The lowest BCUT2D eigenvalue weighted by molar-refractivity contribution is 0.899. The normalized spacial score (nSPS) is 13.1. The summed E-state index contributed by atoms with van der Waals surface area (Å²) in [6.45, 7) is 0.705. The van der Waals surface area contributed by atoms with Crippen LogP contribution in [0.3, 0.4) is 0 Å². The van der Waals surface area contributed by atoms with E-state index in [-0.39, 0.29) is 0 Å². The topological polar surface area (TPSA) is 48.7 Å². The van der Waals surface area contributed by atoms with Gasteiger partial charge < -0.3 is 5.32 Å². The van der Waals surface area contributed by atoms with Gasteiger partial charge in [0.2, 0.25) is 0 Å². The molecule has 0 aliphatic heterocycles. The van der Waals surface area contributed by atoms with E-state index in [0.717, 1.165) is 29.4 Å². The van der Waals surface area contributed by atoms with E-state index in [9.17, 15) is 5.26 Å². The Morgan fingerprint density at radius 1 is 1.42 bits per heavy atom. The fourth-order valence-electron chi connectivity index (χ4n) is 2.31. The second-order valence-corrected chi connectivity index (χ2v) is 6.45. The van der Waals surface area contributed by atoms with Gasteiger partial charge in [-0.15, -0.1) is 11.3 Å². The maximum Gasteiger partial charge on any atom is 0.144 e. The summed E-state index contributed by atoms with van der Waals surface area (Å²) in [6, 6.07) is 6.30. The molecule has 2 heterocycles. The van der Waals surface area contributed by atoms with Gasteiger partial charge in [-0.1, -0.05) is 0 Å². The highest BCUT2D eigenvalue weighted by Crippen LogP contribution is 2.26. The highest BCUT2D eigenvalue weighted by Gasteiger charge is 2.16. The van der Waals surface area contributed by atoms with Gasteiger partial charge in [0, 0.05) is 20.4 Å². The number of rotatable bonds is 3. The number of halogens is 1. The summed E-state index contributed by atoms with van der Waals surface area (Å²) in [5, 5.41) is 14.5. The third kappa shape index (κ3) is 2.65. The van der Waals surface area contributed by atoms with Crippen molar-refractivity contribution >= 4 is 33.1 Å². The number of fused-ring (bicyclic) bond motifs is 1. The zero-order chi connectivity index (χ0) is 13.2. The Kier molecular flexibility index (Phi) is 3.54. The number of aryl methyl sites for hydroxylation is 2. The fraction of sp³-hybridized carbons (Fsp3) is 0.286. The summed E-state index contributed by atoms with van der Waals surface area (Å²) in [7, 11) is 0. The minimum atomic E-state index is 0.649. The average Bonchev–Trinajstić information content (AvgIpc) is 3.03. The smallest absolute Gasteiger partial charge is 0.144 e. The van der Waals surface area contributed by atoms with E-state index in [1.807, 2.05) is 6.07 Å². The molecule has 1 N–H and O–H groups in total. The zero-order valence-corrected chi connectivity index (χ0v) is 12.6. The lowest BCUT2D eigenvalue weighted by Gasteiger charge is -2.08. The molecular weight excluding hydrogens is 322 g/mol. The Morgan fingerprint density at radius 3 is 3.05 bits per heavy atom. The molecule has 0 unspecified atom stereocenters.